The summed E-state index contributed by atoms with van der Waals surface area (Å²) in [7, 11) is 1.80. The van der Waals surface area contributed by atoms with Crippen LogP contribution in [0.4, 0.5) is 4.39 Å². The monoisotopic (exact) mass is 344 g/mol. The largest absolute Gasteiger partial charge is 0.501 e. The van der Waals surface area contributed by atoms with E-state index in [2.05, 4.69) is 32.9 Å². The quantitative estimate of drug-likeness (QED) is 0.522. The fraction of sp³-hybridized carbons (Fsp3) is 0.739. The summed E-state index contributed by atoms with van der Waals surface area (Å²) in [5.74, 6) is 3.84. The van der Waals surface area contributed by atoms with E-state index < -0.39 is 0 Å². The van der Waals surface area contributed by atoms with Gasteiger partial charge in [0.1, 0.15) is 0 Å². The van der Waals surface area contributed by atoms with E-state index in [0.717, 1.165) is 36.5 Å². The van der Waals surface area contributed by atoms with Crippen LogP contribution in [0.5, 0.6) is 0 Å². The predicted molar refractivity (Wildman–Crippen MR) is 101 cm³/mol. The first-order valence-electron chi connectivity index (χ1n) is 10.1. The Labute approximate surface area is 152 Å². The van der Waals surface area contributed by atoms with Gasteiger partial charge >= 0.3 is 0 Å². The fourth-order valence-electron chi connectivity index (χ4n) is 7.28. The third kappa shape index (κ3) is 2.32. The lowest BCUT2D eigenvalue weighted by atomic mass is 9.48. The first-order valence-corrected chi connectivity index (χ1v) is 10.1. The van der Waals surface area contributed by atoms with Crippen molar-refractivity contribution in [1.29, 1.82) is 0 Å². The Morgan fingerprint density at radius 3 is 2.60 bits per heavy atom. The number of ether oxygens (including phenoxy) is 1. The van der Waals surface area contributed by atoms with Gasteiger partial charge in [0, 0.05) is 5.92 Å². The second kappa shape index (κ2) is 5.72. The second-order valence-corrected chi connectivity index (χ2v) is 9.55. The zero-order valence-corrected chi connectivity index (χ0v) is 16.5. The highest BCUT2D eigenvalue weighted by Crippen LogP contribution is 2.66. The van der Waals surface area contributed by atoms with Crippen molar-refractivity contribution in [1.82, 2.24) is 0 Å². The van der Waals surface area contributed by atoms with Crippen molar-refractivity contribution in [3.8, 4) is 0 Å². The van der Waals surface area contributed by atoms with Gasteiger partial charge in [-0.25, -0.2) is 4.39 Å². The van der Waals surface area contributed by atoms with Gasteiger partial charge in [-0.05, 0) is 91.3 Å². The third-order valence-corrected chi connectivity index (χ3v) is 8.47. The molecule has 0 radical (unpaired) electrons. The maximum Gasteiger partial charge on any atom is 0.0986 e. The Bertz CT molecular complexity index is 668. The molecule has 2 saturated carbocycles. The van der Waals surface area contributed by atoms with Crippen LogP contribution in [0.1, 0.15) is 66.2 Å². The van der Waals surface area contributed by atoms with Crippen molar-refractivity contribution in [2.45, 2.75) is 66.2 Å². The Hall–Kier alpha value is -1.05. The van der Waals surface area contributed by atoms with Crippen LogP contribution in [0.2, 0.25) is 0 Å². The molecular weight excluding hydrogens is 311 g/mol. The fourth-order valence-corrected chi connectivity index (χ4v) is 7.28. The maximum absolute atomic E-state index is 14.2. The van der Waals surface area contributed by atoms with Crippen LogP contribution >= 0.6 is 0 Å². The molecule has 6 atom stereocenters. The first kappa shape index (κ1) is 17.4. The molecule has 0 aromatic carbocycles. The normalized spacial score (nSPS) is 47.9. The molecule has 0 spiro atoms. The summed E-state index contributed by atoms with van der Waals surface area (Å²) in [5.41, 5.74) is 3.01. The molecule has 0 amide bonds. The molecule has 4 rings (SSSR count). The number of halogens is 1. The molecule has 4 aliphatic carbocycles. The lowest BCUT2D eigenvalue weighted by molar-refractivity contribution is -0.0147. The van der Waals surface area contributed by atoms with Gasteiger partial charge in [0.05, 0.1) is 18.7 Å². The molecule has 25 heavy (non-hydrogen) atoms. The van der Waals surface area contributed by atoms with E-state index in [0.29, 0.717) is 17.8 Å². The van der Waals surface area contributed by atoms with Crippen LogP contribution in [0, 0.1) is 34.5 Å². The van der Waals surface area contributed by atoms with Gasteiger partial charge < -0.3 is 4.74 Å². The summed E-state index contributed by atoms with van der Waals surface area (Å²) in [5, 5.41) is 0. The summed E-state index contributed by atoms with van der Waals surface area (Å²) in [6.45, 7) is 8.82. The smallest absolute Gasteiger partial charge is 0.0986 e. The van der Waals surface area contributed by atoms with Crippen molar-refractivity contribution in [3.05, 3.63) is 34.9 Å². The minimum Gasteiger partial charge on any atom is -0.501 e. The number of hydrogen-bond acceptors (Lipinski definition) is 1. The molecule has 0 N–H and O–H groups in total. The standard InChI is InChI=1S/C23H33FO/c1-14-13-23(4)16(12-21(14)25-5)6-7-17-19-9-8-18(15(2)24)22(19,3)11-10-20(17)23/h6,12,14,17,19-20H,7-11,13H2,1-5H3/b18-15+/t14-,17?,19?,20?,22?,23?/m1/s1. The van der Waals surface area contributed by atoms with Gasteiger partial charge in [-0.15, -0.1) is 0 Å². The van der Waals surface area contributed by atoms with Gasteiger partial charge in [-0.2, -0.15) is 0 Å². The molecule has 0 saturated heterocycles. The van der Waals surface area contributed by atoms with E-state index in [-0.39, 0.29) is 16.7 Å². The summed E-state index contributed by atoms with van der Waals surface area (Å²) in [4.78, 5) is 0. The zero-order chi connectivity index (χ0) is 18.0. The lowest BCUT2D eigenvalue weighted by Gasteiger charge is -2.57. The minimum atomic E-state index is 0.0978. The summed E-state index contributed by atoms with van der Waals surface area (Å²) in [6, 6.07) is 0. The Kier molecular flexibility index (Phi) is 3.98. The highest BCUT2D eigenvalue weighted by atomic mass is 19.1. The Balaban J connectivity index is 1.72. The Morgan fingerprint density at radius 2 is 1.92 bits per heavy atom. The van der Waals surface area contributed by atoms with E-state index in [9.17, 15) is 4.39 Å². The number of methoxy groups -OCH3 is 1. The highest BCUT2D eigenvalue weighted by Gasteiger charge is 2.57. The van der Waals surface area contributed by atoms with Crippen LogP contribution < -0.4 is 0 Å². The van der Waals surface area contributed by atoms with Gasteiger partial charge in [0.2, 0.25) is 0 Å². The highest BCUT2D eigenvalue weighted by molar-refractivity contribution is 5.37. The number of rotatable bonds is 1. The molecule has 0 aromatic heterocycles. The summed E-state index contributed by atoms with van der Waals surface area (Å²) >= 11 is 0. The van der Waals surface area contributed by atoms with Crippen LogP contribution in [-0.2, 0) is 4.74 Å². The van der Waals surface area contributed by atoms with E-state index in [1.165, 1.54) is 24.8 Å². The van der Waals surface area contributed by atoms with Crippen molar-refractivity contribution in [2.75, 3.05) is 7.11 Å². The van der Waals surface area contributed by atoms with E-state index in [1.807, 2.05) is 0 Å². The van der Waals surface area contributed by atoms with E-state index in [4.69, 9.17) is 4.74 Å². The molecule has 0 aromatic rings. The van der Waals surface area contributed by atoms with E-state index >= 15 is 0 Å². The minimum absolute atomic E-state index is 0.0978. The van der Waals surface area contributed by atoms with E-state index in [1.54, 1.807) is 14.0 Å². The molecule has 1 nitrogen and oxygen atoms in total. The van der Waals surface area contributed by atoms with Gasteiger partial charge in [0.25, 0.3) is 0 Å². The number of fused-ring (bicyclic) bond motifs is 5. The summed E-state index contributed by atoms with van der Waals surface area (Å²) in [6.07, 6.45) is 11.7. The third-order valence-electron chi connectivity index (χ3n) is 8.47. The molecular formula is C23H33FO. The molecule has 138 valence electrons. The molecule has 4 aliphatic rings. The van der Waals surface area contributed by atoms with Crippen molar-refractivity contribution in [2.24, 2.45) is 34.5 Å². The van der Waals surface area contributed by atoms with Crippen LogP contribution in [0.3, 0.4) is 0 Å². The predicted octanol–water partition coefficient (Wildman–Crippen LogP) is 6.58. The molecule has 0 heterocycles. The first-order chi connectivity index (χ1) is 11.8. The van der Waals surface area contributed by atoms with Crippen LogP contribution in [-0.4, -0.2) is 7.11 Å². The van der Waals surface area contributed by atoms with Crippen molar-refractivity contribution < 1.29 is 9.13 Å². The average molecular weight is 345 g/mol. The molecule has 0 bridgehead atoms. The maximum atomic E-state index is 14.2. The SMILES string of the molecule is COC1=CC2=CCC3C(CCC4(C)/C(=C(\C)F)CCC34)C2(C)C[C@H]1C. The second-order valence-electron chi connectivity index (χ2n) is 9.55. The molecule has 0 aliphatic heterocycles. The summed E-state index contributed by atoms with van der Waals surface area (Å²) < 4.78 is 19.8. The Morgan fingerprint density at radius 1 is 1.20 bits per heavy atom. The van der Waals surface area contributed by atoms with Crippen molar-refractivity contribution >= 4 is 0 Å². The van der Waals surface area contributed by atoms with Gasteiger partial charge in [-0.1, -0.05) is 26.8 Å². The lowest BCUT2D eigenvalue weighted by Crippen LogP contribution is -2.49. The zero-order valence-electron chi connectivity index (χ0n) is 16.5. The average Bonchev–Trinajstić information content (AvgIpc) is 2.91. The molecule has 5 unspecified atom stereocenters. The number of allylic oxidation sites excluding steroid dienone is 6. The number of hydrogen-bond donors (Lipinski definition) is 0. The molecule has 2 fully saturated rings. The van der Waals surface area contributed by atoms with Crippen molar-refractivity contribution in [3.63, 3.8) is 0 Å². The molecule has 2 heteroatoms. The van der Waals surface area contributed by atoms with Crippen LogP contribution in [0.25, 0.3) is 0 Å². The van der Waals surface area contributed by atoms with Crippen LogP contribution in [0.15, 0.2) is 34.9 Å². The van der Waals surface area contributed by atoms with Gasteiger partial charge in [0.15, 0.2) is 0 Å². The van der Waals surface area contributed by atoms with Gasteiger partial charge in [-0.3, -0.25) is 0 Å². The topological polar surface area (TPSA) is 9.23 Å².